The van der Waals surface area contributed by atoms with Crippen LogP contribution in [0.5, 0.6) is 0 Å². The Balaban J connectivity index is 1.81. The molecule has 2 rings (SSSR count). The molecule has 4 heteroatoms. The molecule has 0 atom stereocenters. The van der Waals surface area contributed by atoms with Crippen molar-refractivity contribution in [1.82, 2.24) is 4.90 Å². The van der Waals surface area contributed by atoms with E-state index in [9.17, 15) is 4.79 Å². The monoisotopic (exact) mass is 208 g/mol. The lowest BCUT2D eigenvalue weighted by atomic mass is 9.96. The standard InChI is InChI=1S/C11H16N2O2/c12-11(14)10-1-4-13(5-2-10)7-9-3-6-15-8-9/h3,6,8,10H,1-2,4-5,7H2,(H2,12,14). The molecule has 1 saturated heterocycles. The molecule has 82 valence electrons. The van der Waals surface area contributed by atoms with Crippen LogP contribution in [0.1, 0.15) is 18.4 Å². The van der Waals surface area contributed by atoms with Crippen molar-refractivity contribution in [2.24, 2.45) is 11.7 Å². The second-order valence-corrected chi connectivity index (χ2v) is 4.08. The summed E-state index contributed by atoms with van der Waals surface area (Å²) in [6, 6.07) is 1.97. The number of hydrogen-bond donors (Lipinski definition) is 1. The number of amides is 1. The van der Waals surface area contributed by atoms with E-state index in [2.05, 4.69) is 4.90 Å². The summed E-state index contributed by atoms with van der Waals surface area (Å²) >= 11 is 0. The molecule has 2 heterocycles. The zero-order chi connectivity index (χ0) is 10.7. The Bertz CT molecular complexity index is 313. The normalized spacial score (nSPS) is 19.2. The quantitative estimate of drug-likeness (QED) is 0.805. The zero-order valence-corrected chi connectivity index (χ0v) is 8.69. The summed E-state index contributed by atoms with van der Waals surface area (Å²) in [5.74, 6) is -0.0800. The lowest BCUT2D eigenvalue weighted by Crippen LogP contribution is -2.38. The second-order valence-electron chi connectivity index (χ2n) is 4.08. The average Bonchev–Trinajstić information content (AvgIpc) is 2.71. The van der Waals surface area contributed by atoms with Gasteiger partial charge in [0.15, 0.2) is 0 Å². The van der Waals surface area contributed by atoms with E-state index in [0.29, 0.717) is 0 Å². The van der Waals surface area contributed by atoms with Crippen LogP contribution < -0.4 is 5.73 Å². The van der Waals surface area contributed by atoms with Crippen LogP contribution in [-0.4, -0.2) is 23.9 Å². The third-order valence-electron chi connectivity index (χ3n) is 2.98. The summed E-state index contributed by atoms with van der Waals surface area (Å²) in [5.41, 5.74) is 6.46. The van der Waals surface area contributed by atoms with Gasteiger partial charge in [-0.05, 0) is 32.0 Å². The van der Waals surface area contributed by atoms with Crippen molar-refractivity contribution in [3.05, 3.63) is 24.2 Å². The molecule has 0 aromatic carbocycles. The SMILES string of the molecule is NC(=O)C1CCN(Cc2ccoc2)CC1. The van der Waals surface area contributed by atoms with E-state index >= 15 is 0 Å². The summed E-state index contributed by atoms with van der Waals surface area (Å²) in [5, 5.41) is 0. The van der Waals surface area contributed by atoms with Crippen molar-refractivity contribution in [3.8, 4) is 0 Å². The third-order valence-corrected chi connectivity index (χ3v) is 2.98. The molecule has 0 spiro atoms. The number of furan rings is 1. The summed E-state index contributed by atoms with van der Waals surface area (Å²) in [6.45, 7) is 2.79. The van der Waals surface area contributed by atoms with Crippen molar-refractivity contribution in [2.45, 2.75) is 19.4 Å². The van der Waals surface area contributed by atoms with Gasteiger partial charge >= 0.3 is 0 Å². The average molecular weight is 208 g/mol. The van der Waals surface area contributed by atoms with Crippen LogP contribution in [0.3, 0.4) is 0 Å². The molecule has 1 aromatic rings. The topological polar surface area (TPSA) is 59.5 Å². The van der Waals surface area contributed by atoms with Crippen molar-refractivity contribution in [2.75, 3.05) is 13.1 Å². The summed E-state index contributed by atoms with van der Waals surface area (Å²) in [7, 11) is 0. The van der Waals surface area contributed by atoms with Crippen LogP contribution in [0, 0.1) is 5.92 Å². The van der Waals surface area contributed by atoms with Gasteiger partial charge in [0.25, 0.3) is 0 Å². The molecule has 1 aromatic heterocycles. The number of carbonyl (C=O) groups excluding carboxylic acids is 1. The van der Waals surface area contributed by atoms with Gasteiger partial charge in [0.2, 0.25) is 5.91 Å². The maximum Gasteiger partial charge on any atom is 0.220 e. The Morgan fingerprint density at radius 2 is 2.27 bits per heavy atom. The first-order chi connectivity index (χ1) is 7.25. The minimum absolute atomic E-state index is 0.0746. The number of likely N-dealkylation sites (tertiary alicyclic amines) is 1. The Morgan fingerprint density at radius 3 is 2.80 bits per heavy atom. The van der Waals surface area contributed by atoms with Crippen molar-refractivity contribution < 1.29 is 9.21 Å². The number of primary amides is 1. The van der Waals surface area contributed by atoms with E-state index in [1.807, 2.05) is 6.07 Å². The molecular weight excluding hydrogens is 192 g/mol. The van der Waals surface area contributed by atoms with Gasteiger partial charge in [-0.2, -0.15) is 0 Å². The van der Waals surface area contributed by atoms with Gasteiger partial charge in [0.1, 0.15) is 0 Å². The number of nitrogens with zero attached hydrogens (tertiary/aromatic N) is 1. The van der Waals surface area contributed by atoms with E-state index in [-0.39, 0.29) is 11.8 Å². The molecule has 15 heavy (non-hydrogen) atoms. The predicted molar refractivity (Wildman–Crippen MR) is 55.9 cm³/mol. The summed E-state index contributed by atoms with van der Waals surface area (Å²) < 4.78 is 5.01. The van der Waals surface area contributed by atoms with Crippen molar-refractivity contribution in [3.63, 3.8) is 0 Å². The van der Waals surface area contributed by atoms with Crippen LogP contribution in [0.4, 0.5) is 0 Å². The molecule has 1 fully saturated rings. The molecule has 0 radical (unpaired) electrons. The number of hydrogen-bond acceptors (Lipinski definition) is 3. The lowest BCUT2D eigenvalue weighted by molar-refractivity contribution is -0.123. The summed E-state index contributed by atoms with van der Waals surface area (Å²) in [4.78, 5) is 13.3. The van der Waals surface area contributed by atoms with Crippen LogP contribution >= 0.6 is 0 Å². The predicted octanol–water partition coefficient (Wildman–Crippen LogP) is 0.977. The van der Waals surface area contributed by atoms with Crippen LogP contribution in [0.15, 0.2) is 23.0 Å². The molecule has 0 saturated carbocycles. The van der Waals surface area contributed by atoms with Crippen molar-refractivity contribution in [1.29, 1.82) is 0 Å². The third kappa shape index (κ3) is 2.59. The highest BCUT2D eigenvalue weighted by molar-refractivity contribution is 5.76. The largest absolute Gasteiger partial charge is 0.472 e. The Kier molecular flexibility index (Phi) is 3.06. The highest BCUT2D eigenvalue weighted by Gasteiger charge is 2.22. The molecule has 4 nitrogen and oxygen atoms in total. The lowest BCUT2D eigenvalue weighted by Gasteiger charge is -2.29. The molecule has 0 unspecified atom stereocenters. The van der Waals surface area contributed by atoms with Gasteiger partial charge in [-0.25, -0.2) is 0 Å². The van der Waals surface area contributed by atoms with Gasteiger partial charge in [0.05, 0.1) is 12.5 Å². The van der Waals surface area contributed by atoms with Gasteiger partial charge in [0, 0.05) is 18.0 Å². The molecule has 1 aliphatic rings. The van der Waals surface area contributed by atoms with Gasteiger partial charge in [-0.1, -0.05) is 0 Å². The first-order valence-electron chi connectivity index (χ1n) is 5.28. The van der Waals surface area contributed by atoms with Gasteiger partial charge in [-0.3, -0.25) is 9.69 Å². The smallest absolute Gasteiger partial charge is 0.220 e. The molecule has 2 N–H and O–H groups in total. The second kappa shape index (κ2) is 4.49. The maximum absolute atomic E-state index is 11.0. The van der Waals surface area contributed by atoms with Crippen molar-refractivity contribution >= 4 is 5.91 Å². The number of rotatable bonds is 3. The van der Waals surface area contributed by atoms with Crippen LogP contribution in [0.25, 0.3) is 0 Å². The highest BCUT2D eigenvalue weighted by atomic mass is 16.3. The maximum atomic E-state index is 11.0. The van der Waals surface area contributed by atoms with E-state index in [1.54, 1.807) is 12.5 Å². The van der Waals surface area contributed by atoms with E-state index in [0.717, 1.165) is 32.5 Å². The molecular formula is C11H16N2O2. The minimum atomic E-state index is -0.155. The van der Waals surface area contributed by atoms with E-state index in [1.165, 1.54) is 5.56 Å². The number of piperidine rings is 1. The first-order valence-corrected chi connectivity index (χ1v) is 5.28. The molecule has 0 bridgehead atoms. The van der Waals surface area contributed by atoms with E-state index < -0.39 is 0 Å². The van der Waals surface area contributed by atoms with Crippen LogP contribution in [-0.2, 0) is 11.3 Å². The summed E-state index contributed by atoms with van der Waals surface area (Å²) in [6.07, 6.45) is 5.21. The highest BCUT2D eigenvalue weighted by Crippen LogP contribution is 2.18. The molecule has 0 aliphatic carbocycles. The number of carbonyl (C=O) groups is 1. The Labute approximate surface area is 89.0 Å². The fraction of sp³-hybridized carbons (Fsp3) is 0.545. The Hall–Kier alpha value is -1.29. The first kappa shape index (κ1) is 10.2. The number of nitrogens with two attached hydrogens (primary N) is 1. The van der Waals surface area contributed by atoms with Crippen LogP contribution in [0.2, 0.25) is 0 Å². The fourth-order valence-electron chi connectivity index (χ4n) is 2.02. The zero-order valence-electron chi connectivity index (χ0n) is 8.69. The Morgan fingerprint density at radius 1 is 1.53 bits per heavy atom. The van der Waals surface area contributed by atoms with Gasteiger partial charge in [-0.15, -0.1) is 0 Å². The van der Waals surface area contributed by atoms with E-state index in [4.69, 9.17) is 10.2 Å². The molecule has 1 amide bonds. The minimum Gasteiger partial charge on any atom is -0.472 e. The fourth-order valence-corrected chi connectivity index (χ4v) is 2.02. The van der Waals surface area contributed by atoms with Gasteiger partial charge < -0.3 is 10.2 Å². The molecule has 1 aliphatic heterocycles.